The summed E-state index contributed by atoms with van der Waals surface area (Å²) in [5.74, 6) is 1.04. The lowest BCUT2D eigenvalue weighted by Crippen LogP contribution is -2.12. The second-order valence-electron chi connectivity index (χ2n) is 3.53. The molecule has 0 radical (unpaired) electrons. The zero-order valence-electron chi connectivity index (χ0n) is 8.90. The fraction of sp³-hybridized carbons (Fsp3) is 0.778. The minimum Gasteiger partial charge on any atom is -0.393 e. The van der Waals surface area contributed by atoms with Crippen molar-refractivity contribution in [1.82, 2.24) is 10.1 Å². The van der Waals surface area contributed by atoms with Crippen molar-refractivity contribution in [2.45, 2.75) is 32.3 Å². The highest BCUT2D eigenvalue weighted by molar-refractivity contribution is 5.23. The second kappa shape index (κ2) is 4.95. The van der Waals surface area contributed by atoms with Crippen molar-refractivity contribution in [2.75, 3.05) is 19.0 Å². The highest BCUT2D eigenvalue weighted by atomic mass is 16.5. The molecule has 1 atom stereocenters. The number of aliphatic hydroxyl groups excluding tert-OH is 1. The molecule has 0 fully saturated rings. The maximum Gasteiger partial charge on any atom is 0.265 e. The van der Waals surface area contributed by atoms with Crippen molar-refractivity contribution in [3.8, 4) is 0 Å². The van der Waals surface area contributed by atoms with Crippen molar-refractivity contribution in [3.63, 3.8) is 0 Å². The average Bonchev–Trinajstić information content (AvgIpc) is 2.53. The summed E-state index contributed by atoms with van der Waals surface area (Å²) in [7, 11) is 3.69. The quantitative estimate of drug-likeness (QED) is 0.761. The lowest BCUT2D eigenvalue weighted by atomic mass is 10.1. The molecule has 80 valence electrons. The lowest BCUT2D eigenvalue weighted by Gasteiger charge is -2.04. The molecule has 1 aromatic heterocycles. The smallest absolute Gasteiger partial charge is 0.265 e. The van der Waals surface area contributed by atoms with Crippen LogP contribution in [0, 0.1) is 0 Å². The van der Waals surface area contributed by atoms with Gasteiger partial charge in [0.1, 0.15) is 0 Å². The molecule has 0 saturated heterocycles. The normalized spacial score (nSPS) is 12.9. The van der Waals surface area contributed by atoms with E-state index < -0.39 is 0 Å². The number of nitrogens with zero attached hydrogens (tertiary/aromatic N) is 3. The zero-order valence-corrected chi connectivity index (χ0v) is 8.90. The van der Waals surface area contributed by atoms with Crippen LogP contribution in [0.1, 0.15) is 25.7 Å². The first-order valence-electron chi connectivity index (χ1n) is 4.81. The van der Waals surface area contributed by atoms with Crippen LogP contribution in [0.25, 0.3) is 0 Å². The Labute approximate surface area is 83.7 Å². The Bertz CT molecular complexity index is 273. The largest absolute Gasteiger partial charge is 0.393 e. The monoisotopic (exact) mass is 199 g/mol. The van der Waals surface area contributed by atoms with Gasteiger partial charge in [-0.1, -0.05) is 13.3 Å². The third kappa shape index (κ3) is 2.99. The predicted octanol–water partition coefficient (Wildman–Crippen LogP) is 0.839. The summed E-state index contributed by atoms with van der Waals surface area (Å²) >= 11 is 0. The Morgan fingerprint density at radius 3 is 2.71 bits per heavy atom. The van der Waals surface area contributed by atoms with Crippen LogP contribution in [0.2, 0.25) is 0 Å². The second-order valence-corrected chi connectivity index (χ2v) is 3.53. The molecule has 0 aliphatic rings. The van der Waals surface area contributed by atoms with Crippen molar-refractivity contribution in [1.29, 1.82) is 0 Å². The van der Waals surface area contributed by atoms with Gasteiger partial charge in [0.2, 0.25) is 5.89 Å². The number of hydrogen-bond acceptors (Lipinski definition) is 5. The molecule has 5 heteroatoms. The van der Waals surface area contributed by atoms with E-state index >= 15 is 0 Å². The van der Waals surface area contributed by atoms with Gasteiger partial charge in [-0.05, 0) is 11.6 Å². The zero-order chi connectivity index (χ0) is 10.6. The maximum atomic E-state index is 9.51. The highest BCUT2D eigenvalue weighted by Crippen LogP contribution is 2.09. The van der Waals surface area contributed by atoms with E-state index in [1.807, 2.05) is 21.0 Å². The number of rotatable bonds is 5. The minimum absolute atomic E-state index is 0.379. The summed E-state index contributed by atoms with van der Waals surface area (Å²) in [5.41, 5.74) is 0. The van der Waals surface area contributed by atoms with Crippen LogP contribution in [0.4, 0.5) is 5.95 Å². The Morgan fingerprint density at radius 2 is 2.21 bits per heavy atom. The first-order chi connectivity index (χ1) is 6.63. The SMILES string of the molecule is CCCC(O)Cc1nc(N(C)C)no1. The Balaban J connectivity index is 2.51. The van der Waals surface area contributed by atoms with E-state index in [1.165, 1.54) is 0 Å². The van der Waals surface area contributed by atoms with Crippen LogP contribution in [-0.2, 0) is 6.42 Å². The molecule has 0 bridgehead atoms. The third-order valence-corrected chi connectivity index (χ3v) is 1.89. The van der Waals surface area contributed by atoms with Gasteiger partial charge in [-0.25, -0.2) is 0 Å². The number of aliphatic hydroxyl groups is 1. The molecule has 1 heterocycles. The van der Waals surface area contributed by atoms with E-state index in [9.17, 15) is 5.11 Å². The molecule has 1 aromatic rings. The van der Waals surface area contributed by atoms with Gasteiger partial charge in [0.15, 0.2) is 0 Å². The summed E-state index contributed by atoms with van der Waals surface area (Å²) in [5, 5.41) is 13.3. The third-order valence-electron chi connectivity index (χ3n) is 1.89. The summed E-state index contributed by atoms with van der Waals surface area (Å²) in [6, 6.07) is 0. The van der Waals surface area contributed by atoms with Gasteiger partial charge in [-0.2, -0.15) is 4.98 Å². The average molecular weight is 199 g/mol. The standard InChI is InChI=1S/C9H17N3O2/c1-4-5-7(13)6-8-10-9(11-14-8)12(2)3/h7,13H,4-6H2,1-3H3. The summed E-state index contributed by atoms with van der Waals surface area (Å²) < 4.78 is 4.98. The molecular formula is C9H17N3O2. The molecule has 0 aliphatic heterocycles. The molecule has 0 saturated carbocycles. The fourth-order valence-corrected chi connectivity index (χ4v) is 1.15. The molecule has 1 N–H and O–H groups in total. The number of hydrogen-bond donors (Lipinski definition) is 1. The van der Waals surface area contributed by atoms with E-state index in [0.717, 1.165) is 12.8 Å². The summed E-state index contributed by atoms with van der Waals surface area (Å²) in [4.78, 5) is 5.88. The van der Waals surface area contributed by atoms with E-state index in [4.69, 9.17) is 4.52 Å². The predicted molar refractivity (Wildman–Crippen MR) is 53.2 cm³/mol. The van der Waals surface area contributed by atoms with Crippen LogP contribution < -0.4 is 4.90 Å². The van der Waals surface area contributed by atoms with Gasteiger partial charge < -0.3 is 14.5 Å². The van der Waals surface area contributed by atoms with Gasteiger partial charge in [0.25, 0.3) is 5.95 Å². The number of anilines is 1. The van der Waals surface area contributed by atoms with Crippen molar-refractivity contribution >= 4 is 5.95 Å². The van der Waals surface area contributed by atoms with Crippen LogP contribution in [0.3, 0.4) is 0 Å². The Morgan fingerprint density at radius 1 is 1.50 bits per heavy atom. The molecule has 0 amide bonds. The molecule has 0 aliphatic carbocycles. The molecule has 1 rings (SSSR count). The topological polar surface area (TPSA) is 62.4 Å². The Kier molecular flexibility index (Phi) is 3.88. The lowest BCUT2D eigenvalue weighted by molar-refractivity contribution is 0.152. The van der Waals surface area contributed by atoms with Crippen LogP contribution in [-0.4, -0.2) is 35.4 Å². The molecule has 1 unspecified atom stereocenters. The van der Waals surface area contributed by atoms with Gasteiger partial charge in [0, 0.05) is 14.1 Å². The van der Waals surface area contributed by atoms with Crippen molar-refractivity contribution < 1.29 is 9.63 Å². The van der Waals surface area contributed by atoms with Gasteiger partial charge in [-0.3, -0.25) is 0 Å². The van der Waals surface area contributed by atoms with Crippen molar-refractivity contribution in [2.24, 2.45) is 0 Å². The maximum absolute atomic E-state index is 9.51. The molecule has 0 spiro atoms. The van der Waals surface area contributed by atoms with E-state index in [-0.39, 0.29) is 6.10 Å². The molecule has 0 aromatic carbocycles. The van der Waals surface area contributed by atoms with E-state index in [0.29, 0.717) is 18.3 Å². The van der Waals surface area contributed by atoms with Gasteiger partial charge in [0.05, 0.1) is 12.5 Å². The fourth-order valence-electron chi connectivity index (χ4n) is 1.15. The molecule has 14 heavy (non-hydrogen) atoms. The summed E-state index contributed by atoms with van der Waals surface area (Å²) in [6.45, 7) is 2.03. The van der Waals surface area contributed by atoms with Crippen molar-refractivity contribution in [3.05, 3.63) is 5.89 Å². The van der Waals surface area contributed by atoms with Gasteiger partial charge in [-0.15, -0.1) is 0 Å². The van der Waals surface area contributed by atoms with Crippen LogP contribution >= 0.6 is 0 Å². The van der Waals surface area contributed by atoms with Gasteiger partial charge >= 0.3 is 0 Å². The number of aromatic nitrogens is 2. The first kappa shape index (κ1) is 11.0. The van der Waals surface area contributed by atoms with Crippen LogP contribution in [0.15, 0.2) is 4.52 Å². The molecule has 5 nitrogen and oxygen atoms in total. The highest BCUT2D eigenvalue weighted by Gasteiger charge is 2.12. The molecular weight excluding hydrogens is 182 g/mol. The Hall–Kier alpha value is -1.10. The van der Waals surface area contributed by atoms with Crippen LogP contribution in [0.5, 0.6) is 0 Å². The summed E-state index contributed by atoms with van der Waals surface area (Å²) in [6.07, 6.45) is 1.78. The minimum atomic E-state index is -0.379. The first-order valence-corrected chi connectivity index (χ1v) is 4.81. The van der Waals surface area contributed by atoms with E-state index in [1.54, 1.807) is 4.90 Å². The van der Waals surface area contributed by atoms with E-state index in [2.05, 4.69) is 10.1 Å².